The fraction of sp³-hybridized carbons (Fsp3) is 0.938. The number of hydrogen-bond donors (Lipinski definition) is 1. The molecule has 4 nitrogen and oxygen atoms in total. The van der Waals surface area contributed by atoms with E-state index in [0.717, 1.165) is 39.1 Å². The summed E-state index contributed by atoms with van der Waals surface area (Å²) in [4.78, 5) is 2.43. The molecule has 0 aromatic carbocycles. The molecule has 0 heterocycles. The SMILES string of the molecule is CCN(CCOC)CCC1CCCC1(C#N)NC1CC1. The second-order valence-corrected chi connectivity index (χ2v) is 6.31. The van der Waals surface area contributed by atoms with Gasteiger partial charge in [0.15, 0.2) is 0 Å². The first-order valence-electron chi connectivity index (χ1n) is 8.14. The number of ether oxygens (including phenoxy) is 1. The van der Waals surface area contributed by atoms with E-state index in [9.17, 15) is 5.26 Å². The van der Waals surface area contributed by atoms with Gasteiger partial charge < -0.3 is 9.64 Å². The second kappa shape index (κ2) is 7.40. The Hall–Kier alpha value is -0.630. The van der Waals surface area contributed by atoms with Gasteiger partial charge >= 0.3 is 0 Å². The van der Waals surface area contributed by atoms with Crippen molar-refractivity contribution in [2.75, 3.05) is 33.4 Å². The Morgan fingerprint density at radius 3 is 2.75 bits per heavy atom. The third kappa shape index (κ3) is 3.94. The minimum atomic E-state index is -0.234. The van der Waals surface area contributed by atoms with E-state index in [2.05, 4.69) is 23.2 Å². The average molecular weight is 279 g/mol. The number of hydrogen-bond acceptors (Lipinski definition) is 4. The molecule has 20 heavy (non-hydrogen) atoms. The summed E-state index contributed by atoms with van der Waals surface area (Å²) in [5, 5.41) is 13.3. The number of nitriles is 1. The van der Waals surface area contributed by atoms with E-state index in [0.29, 0.717) is 12.0 Å². The molecule has 114 valence electrons. The van der Waals surface area contributed by atoms with Crippen molar-refractivity contribution in [2.45, 2.75) is 57.0 Å². The summed E-state index contributed by atoms with van der Waals surface area (Å²) in [5.74, 6) is 0.518. The van der Waals surface area contributed by atoms with Gasteiger partial charge in [-0.25, -0.2) is 0 Å². The van der Waals surface area contributed by atoms with Crippen LogP contribution >= 0.6 is 0 Å². The Bertz CT molecular complexity index is 337. The van der Waals surface area contributed by atoms with E-state index < -0.39 is 0 Å². The maximum Gasteiger partial charge on any atom is 0.109 e. The summed E-state index contributed by atoms with van der Waals surface area (Å²) < 4.78 is 5.16. The van der Waals surface area contributed by atoms with Crippen LogP contribution in [0.1, 0.15) is 45.4 Å². The fourth-order valence-electron chi connectivity index (χ4n) is 3.42. The van der Waals surface area contributed by atoms with E-state index >= 15 is 0 Å². The predicted octanol–water partition coefficient (Wildman–Crippen LogP) is 2.16. The second-order valence-electron chi connectivity index (χ2n) is 6.31. The van der Waals surface area contributed by atoms with Crippen LogP contribution in [0, 0.1) is 17.2 Å². The number of nitrogens with one attached hydrogen (secondary N) is 1. The molecule has 0 bridgehead atoms. The highest BCUT2D eigenvalue weighted by Gasteiger charge is 2.45. The Morgan fingerprint density at radius 1 is 1.35 bits per heavy atom. The van der Waals surface area contributed by atoms with Gasteiger partial charge in [0.05, 0.1) is 12.7 Å². The van der Waals surface area contributed by atoms with Crippen LogP contribution in [0.15, 0.2) is 0 Å². The predicted molar refractivity (Wildman–Crippen MR) is 80.4 cm³/mol. The summed E-state index contributed by atoms with van der Waals surface area (Å²) in [6, 6.07) is 3.25. The molecule has 0 aromatic rings. The molecule has 0 aliphatic heterocycles. The molecule has 0 spiro atoms. The Kier molecular flexibility index (Phi) is 5.83. The molecule has 0 amide bonds. The average Bonchev–Trinajstić information content (AvgIpc) is 3.19. The highest BCUT2D eigenvalue weighted by molar-refractivity contribution is 5.16. The van der Waals surface area contributed by atoms with Gasteiger partial charge in [-0.1, -0.05) is 13.3 Å². The van der Waals surface area contributed by atoms with E-state index in [1.54, 1.807) is 7.11 Å². The third-order valence-corrected chi connectivity index (χ3v) is 4.91. The first kappa shape index (κ1) is 15.8. The topological polar surface area (TPSA) is 48.3 Å². The lowest BCUT2D eigenvalue weighted by molar-refractivity contribution is 0.143. The smallest absolute Gasteiger partial charge is 0.109 e. The molecule has 4 heteroatoms. The largest absolute Gasteiger partial charge is 0.383 e. The molecule has 1 N–H and O–H groups in total. The minimum absolute atomic E-state index is 0.234. The van der Waals surface area contributed by atoms with Crippen LogP contribution in [0.5, 0.6) is 0 Å². The van der Waals surface area contributed by atoms with E-state index in [1.807, 2.05) is 0 Å². The lowest BCUT2D eigenvalue weighted by Gasteiger charge is -2.32. The summed E-state index contributed by atoms with van der Waals surface area (Å²) >= 11 is 0. The summed E-state index contributed by atoms with van der Waals surface area (Å²) in [6.07, 6.45) is 7.08. The first-order valence-corrected chi connectivity index (χ1v) is 8.14. The van der Waals surface area contributed by atoms with Gasteiger partial charge in [-0.15, -0.1) is 0 Å². The van der Waals surface area contributed by atoms with Crippen LogP contribution in [0.2, 0.25) is 0 Å². The molecule has 2 unspecified atom stereocenters. The Morgan fingerprint density at radius 2 is 2.15 bits per heavy atom. The quantitative estimate of drug-likeness (QED) is 0.702. The summed E-state index contributed by atoms with van der Waals surface area (Å²) in [6.45, 7) is 6.13. The van der Waals surface area contributed by atoms with E-state index in [-0.39, 0.29) is 5.54 Å². The molecule has 0 radical (unpaired) electrons. The van der Waals surface area contributed by atoms with Crippen molar-refractivity contribution in [3.63, 3.8) is 0 Å². The zero-order chi connectivity index (χ0) is 14.4. The molecule has 2 saturated carbocycles. The molecule has 2 rings (SSSR count). The number of rotatable bonds is 9. The standard InChI is InChI=1S/C16H29N3O/c1-3-19(11-12-20-2)10-8-14-5-4-9-16(14,13-17)18-15-6-7-15/h14-15,18H,3-12H2,1-2H3. The van der Waals surface area contributed by atoms with Gasteiger partial charge in [0.2, 0.25) is 0 Å². The van der Waals surface area contributed by atoms with Crippen molar-refractivity contribution in [3.8, 4) is 6.07 Å². The lowest BCUT2D eigenvalue weighted by Crippen LogP contribution is -2.49. The molecule has 2 fully saturated rings. The lowest BCUT2D eigenvalue weighted by atomic mass is 9.85. The van der Waals surface area contributed by atoms with Crippen LogP contribution < -0.4 is 5.32 Å². The monoisotopic (exact) mass is 279 g/mol. The molecule has 2 atom stereocenters. The minimum Gasteiger partial charge on any atom is -0.383 e. The van der Waals surface area contributed by atoms with Crippen molar-refractivity contribution in [2.24, 2.45) is 5.92 Å². The van der Waals surface area contributed by atoms with E-state index in [1.165, 1.54) is 25.7 Å². The van der Waals surface area contributed by atoms with Gasteiger partial charge in [-0.2, -0.15) is 5.26 Å². The maximum atomic E-state index is 9.68. The Balaban J connectivity index is 1.84. The molecule has 2 aliphatic rings. The molecule has 2 aliphatic carbocycles. The highest BCUT2D eigenvalue weighted by atomic mass is 16.5. The molecule has 0 aromatic heterocycles. The maximum absolute atomic E-state index is 9.68. The van der Waals surface area contributed by atoms with Crippen LogP contribution in [0.4, 0.5) is 0 Å². The Labute approximate surface area is 123 Å². The van der Waals surface area contributed by atoms with Crippen molar-refractivity contribution < 1.29 is 4.74 Å². The van der Waals surface area contributed by atoms with Crippen LogP contribution in [0.3, 0.4) is 0 Å². The molecular formula is C16H29N3O. The first-order chi connectivity index (χ1) is 9.74. The van der Waals surface area contributed by atoms with Gasteiger partial charge in [0.1, 0.15) is 5.54 Å². The number of likely N-dealkylation sites (N-methyl/N-ethyl adjacent to an activating group) is 1. The van der Waals surface area contributed by atoms with Crippen molar-refractivity contribution in [1.82, 2.24) is 10.2 Å². The van der Waals surface area contributed by atoms with Crippen molar-refractivity contribution in [3.05, 3.63) is 0 Å². The number of methoxy groups -OCH3 is 1. The van der Waals surface area contributed by atoms with Crippen LogP contribution in [-0.2, 0) is 4.74 Å². The van der Waals surface area contributed by atoms with Gasteiger partial charge in [0.25, 0.3) is 0 Å². The normalized spacial score (nSPS) is 29.8. The van der Waals surface area contributed by atoms with Crippen molar-refractivity contribution in [1.29, 1.82) is 5.26 Å². The summed E-state index contributed by atoms with van der Waals surface area (Å²) in [5.41, 5.74) is -0.234. The zero-order valence-electron chi connectivity index (χ0n) is 13.0. The zero-order valence-corrected chi connectivity index (χ0v) is 13.0. The fourth-order valence-corrected chi connectivity index (χ4v) is 3.42. The highest BCUT2D eigenvalue weighted by Crippen LogP contribution is 2.40. The van der Waals surface area contributed by atoms with Gasteiger partial charge in [-0.05, 0) is 51.1 Å². The molecular weight excluding hydrogens is 250 g/mol. The van der Waals surface area contributed by atoms with Gasteiger partial charge in [-0.3, -0.25) is 5.32 Å². The van der Waals surface area contributed by atoms with E-state index in [4.69, 9.17) is 4.74 Å². The molecule has 0 saturated heterocycles. The number of nitrogens with zero attached hydrogens (tertiary/aromatic N) is 2. The third-order valence-electron chi connectivity index (χ3n) is 4.91. The summed E-state index contributed by atoms with van der Waals surface area (Å²) in [7, 11) is 1.76. The van der Waals surface area contributed by atoms with Crippen molar-refractivity contribution >= 4 is 0 Å². The van der Waals surface area contributed by atoms with Crippen LogP contribution in [-0.4, -0.2) is 49.8 Å². The van der Waals surface area contributed by atoms with Crippen LogP contribution in [0.25, 0.3) is 0 Å². The van der Waals surface area contributed by atoms with Gasteiger partial charge in [0, 0.05) is 19.7 Å².